The Bertz CT molecular complexity index is 820. The number of rotatable bonds is 7. The van der Waals surface area contributed by atoms with Crippen LogP contribution < -0.4 is 15.5 Å². The normalized spacial score (nSPS) is 12.4. The van der Waals surface area contributed by atoms with E-state index in [4.69, 9.17) is 0 Å². The number of anilines is 1. The fourth-order valence-electron chi connectivity index (χ4n) is 2.80. The minimum atomic E-state index is -4.80. The summed E-state index contributed by atoms with van der Waals surface area (Å²) in [4.78, 5) is 18.5. The zero-order chi connectivity index (χ0) is 21.6. The van der Waals surface area contributed by atoms with Crippen LogP contribution in [0.25, 0.3) is 0 Å². The molecular formula is C20H24F4N4O. The number of nitrogens with one attached hydrogen (secondary N) is 2. The molecule has 0 saturated heterocycles. The Morgan fingerprint density at radius 1 is 1.17 bits per heavy atom. The lowest BCUT2D eigenvalue weighted by Crippen LogP contribution is -2.36. The van der Waals surface area contributed by atoms with Crippen molar-refractivity contribution in [1.29, 1.82) is 0 Å². The number of carbonyl (C=O) groups excluding carboxylic acids is 1. The number of nitrogens with zero attached hydrogens (tertiary/aromatic N) is 2. The molecule has 1 heterocycles. The number of halogens is 4. The van der Waals surface area contributed by atoms with Gasteiger partial charge in [-0.25, -0.2) is 14.2 Å². The number of benzene rings is 1. The molecule has 0 aliphatic rings. The molecule has 0 saturated carbocycles. The summed E-state index contributed by atoms with van der Waals surface area (Å²) in [7, 11) is 0. The lowest BCUT2D eigenvalue weighted by Gasteiger charge is -2.20. The zero-order valence-corrected chi connectivity index (χ0v) is 16.5. The van der Waals surface area contributed by atoms with E-state index in [-0.39, 0.29) is 12.1 Å². The monoisotopic (exact) mass is 412 g/mol. The molecule has 0 fully saturated rings. The van der Waals surface area contributed by atoms with Gasteiger partial charge in [0.15, 0.2) is 0 Å². The summed E-state index contributed by atoms with van der Waals surface area (Å²) in [5.74, 6) is -0.507. The van der Waals surface area contributed by atoms with Crippen LogP contribution in [0.3, 0.4) is 0 Å². The van der Waals surface area contributed by atoms with E-state index >= 15 is 0 Å². The highest BCUT2D eigenvalue weighted by atomic mass is 19.4. The van der Waals surface area contributed by atoms with Crippen LogP contribution in [-0.2, 0) is 12.7 Å². The van der Waals surface area contributed by atoms with Crippen molar-refractivity contribution in [3.05, 3.63) is 59.0 Å². The van der Waals surface area contributed by atoms with Crippen LogP contribution in [-0.4, -0.2) is 24.1 Å². The molecule has 0 radical (unpaired) electrons. The molecule has 1 unspecified atom stereocenters. The molecule has 1 atom stereocenters. The maximum atomic E-state index is 13.4. The summed E-state index contributed by atoms with van der Waals surface area (Å²) in [6.45, 7) is 7.46. The third kappa shape index (κ3) is 6.07. The highest BCUT2D eigenvalue weighted by molar-refractivity contribution is 5.74. The summed E-state index contributed by atoms with van der Waals surface area (Å²) in [5.41, 5.74) is -0.424. The topological polar surface area (TPSA) is 57.3 Å². The van der Waals surface area contributed by atoms with Gasteiger partial charge in [0.1, 0.15) is 11.6 Å². The fraction of sp³-hybridized carbons (Fsp3) is 0.400. The third-order valence-corrected chi connectivity index (χ3v) is 4.49. The van der Waals surface area contributed by atoms with E-state index in [1.165, 1.54) is 13.0 Å². The van der Waals surface area contributed by atoms with Gasteiger partial charge in [-0.1, -0.05) is 12.1 Å². The van der Waals surface area contributed by atoms with E-state index in [1.807, 2.05) is 26.0 Å². The molecule has 0 bridgehead atoms. The molecule has 5 nitrogen and oxygen atoms in total. The van der Waals surface area contributed by atoms with Crippen molar-refractivity contribution in [2.24, 2.45) is 0 Å². The number of pyridine rings is 1. The van der Waals surface area contributed by atoms with Gasteiger partial charge < -0.3 is 15.5 Å². The first kappa shape index (κ1) is 22.4. The first-order valence-electron chi connectivity index (χ1n) is 9.26. The lowest BCUT2D eigenvalue weighted by molar-refractivity contribution is -0.140. The van der Waals surface area contributed by atoms with E-state index < -0.39 is 29.6 Å². The van der Waals surface area contributed by atoms with Gasteiger partial charge in [-0.15, -0.1) is 0 Å². The van der Waals surface area contributed by atoms with Crippen LogP contribution in [0, 0.1) is 5.82 Å². The smallest absolute Gasteiger partial charge is 0.357 e. The lowest BCUT2D eigenvalue weighted by atomic mass is 10.0. The maximum Gasteiger partial charge on any atom is 0.419 e. The van der Waals surface area contributed by atoms with Crippen LogP contribution >= 0.6 is 0 Å². The second-order valence-electron chi connectivity index (χ2n) is 6.48. The first-order valence-corrected chi connectivity index (χ1v) is 9.26. The summed E-state index contributed by atoms with van der Waals surface area (Å²) < 4.78 is 51.9. The molecule has 0 spiro atoms. The van der Waals surface area contributed by atoms with E-state index in [1.54, 1.807) is 6.20 Å². The predicted octanol–water partition coefficient (Wildman–Crippen LogP) is 4.65. The average molecular weight is 412 g/mol. The number of urea groups is 1. The highest BCUT2D eigenvalue weighted by Crippen LogP contribution is 2.33. The number of aromatic nitrogens is 1. The van der Waals surface area contributed by atoms with Gasteiger partial charge in [0.25, 0.3) is 0 Å². The Morgan fingerprint density at radius 3 is 2.41 bits per heavy atom. The van der Waals surface area contributed by atoms with Crippen LogP contribution in [0.2, 0.25) is 0 Å². The quantitative estimate of drug-likeness (QED) is 0.651. The molecule has 1 aromatic carbocycles. The molecule has 1 aromatic heterocycles. The van der Waals surface area contributed by atoms with E-state index in [9.17, 15) is 22.4 Å². The van der Waals surface area contributed by atoms with Gasteiger partial charge in [-0.05, 0) is 50.1 Å². The molecular weight excluding hydrogens is 388 g/mol. The van der Waals surface area contributed by atoms with Crippen molar-refractivity contribution < 1.29 is 22.4 Å². The van der Waals surface area contributed by atoms with Crippen molar-refractivity contribution in [3.63, 3.8) is 0 Å². The maximum absolute atomic E-state index is 13.4. The highest BCUT2D eigenvalue weighted by Gasteiger charge is 2.34. The third-order valence-electron chi connectivity index (χ3n) is 4.49. The molecule has 9 heteroatoms. The average Bonchev–Trinajstić information content (AvgIpc) is 2.67. The molecule has 0 aliphatic heterocycles. The molecule has 0 aliphatic carbocycles. The fourth-order valence-corrected chi connectivity index (χ4v) is 2.80. The Kier molecular flexibility index (Phi) is 7.41. The van der Waals surface area contributed by atoms with Crippen molar-refractivity contribution in [3.8, 4) is 0 Å². The number of alkyl halides is 3. The van der Waals surface area contributed by atoms with E-state index in [0.29, 0.717) is 6.07 Å². The van der Waals surface area contributed by atoms with E-state index in [0.717, 1.165) is 30.5 Å². The standard InChI is InChI=1S/C20H24F4N4O/c1-4-28(5-2)18-9-6-14(11-25-18)12-26-19(29)27-13(3)15-7-8-17(21)16(10-15)20(22,23)24/h6-11,13H,4-5,12H2,1-3H3,(H2,26,27,29). The van der Waals surface area contributed by atoms with E-state index in [2.05, 4.69) is 20.5 Å². The summed E-state index contributed by atoms with van der Waals surface area (Å²) in [6, 6.07) is 5.09. The van der Waals surface area contributed by atoms with Crippen LogP contribution in [0.1, 0.15) is 43.5 Å². The summed E-state index contributed by atoms with van der Waals surface area (Å²) in [5, 5.41) is 5.18. The zero-order valence-electron chi connectivity index (χ0n) is 16.5. The van der Waals surface area contributed by atoms with Gasteiger partial charge in [0, 0.05) is 25.8 Å². The predicted molar refractivity (Wildman–Crippen MR) is 103 cm³/mol. The van der Waals surface area contributed by atoms with Crippen molar-refractivity contribution in [1.82, 2.24) is 15.6 Å². The molecule has 2 rings (SSSR count). The van der Waals surface area contributed by atoms with Crippen LogP contribution in [0.5, 0.6) is 0 Å². The van der Waals surface area contributed by atoms with Gasteiger partial charge in [0.2, 0.25) is 0 Å². The molecule has 2 aromatic rings. The second kappa shape index (κ2) is 9.58. The first-order chi connectivity index (χ1) is 13.7. The Balaban J connectivity index is 1.94. The van der Waals surface area contributed by atoms with Gasteiger partial charge >= 0.3 is 12.2 Å². The van der Waals surface area contributed by atoms with Gasteiger partial charge in [0.05, 0.1) is 11.6 Å². The van der Waals surface area contributed by atoms with Gasteiger partial charge in [-0.3, -0.25) is 0 Å². The Labute approximate surface area is 167 Å². The number of hydrogen-bond donors (Lipinski definition) is 2. The largest absolute Gasteiger partial charge is 0.419 e. The van der Waals surface area contributed by atoms with Gasteiger partial charge in [-0.2, -0.15) is 13.2 Å². The number of carbonyl (C=O) groups is 1. The SMILES string of the molecule is CCN(CC)c1ccc(CNC(=O)NC(C)c2ccc(F)c(C(F)(F)F)c2)cn1. The van der Waals surface area contributed by atoms with Crippen LogP contribution in [0.4, 0.5) is 28.2 Å². The van der Waals surface area contributed by atoms with Crippen molar-refractivity contribution >= 4 is 11.8 Å². The molecule has 2 N–H and O–H groups in total. The minimum absolute atomic E-state index is 0.152. The number of amides is 2. The van der Waals surface area contributed by atoms with Crippen LogP contribution in [0.15, 0.2) is 36.5 Å². The molecule has 2 amide bonds. The number of hydrogen-bond acceptors (Lipinski definition) is 3. The molecule has 29 heavy (non-hydrogen) atoms. The summed E-state index contributed by atoms with van der Waals surface area (Å²) in [6.07, 6.45) is -3.14. The second-order valence-corrected chi connectivity index (χ2v) is 6.48. The summed E-state index contributed by atoms with van der Waals surface area (Å²) >= 11 is 0. The minimum Gasteiger partial charge on any atom is -0.357 e. The van der Waals surface area contributed by atoms with Crippen molar-refractivity contribution in [2.45, 2.75) is 39.5 Å². The van der Waals surface area contributed by atoms with Crippen molar-refractivity contribution in [2.75, 3.05) is 18.0 Å². The Hall–Kier alpha value is -2.84. The molecule has 158 valence electrons. The Morgan fingerprint density at radius 2 is 1.86 bits per heavy atom.